The van der Waals surface area contributed by atoms with Gasteiger partial charge in [-0.15, -0.1) is 0 Å². The van der Waals surface area contributed by atoms with E-state index in [-0.39, 0.29) is 12.2 Å². The number of ether oxygens (including phenoxy) is 2. The Morgan fingerprint density at radius 1 is 1.12 bits per heavy atom. The summed E-state index contributed by atoms with van der Waals surface area (Å²) < 4.78 is 12.0. The van der Waals surface area contributed by atoms with Crippen LogP contribution in [0.4, 0.5) is 0 Å². The Labute approximate surface area is 210 Å². The van der Waals surface area contributed by atoms with Gasteiger partial charge in [-0.25, -0.2) is 0 Å². The molecule has 0 aliphatic rings. The molecule has 0 saturated heterocycles. The first kappa shape index (κ1) is 24.7. The van der Waals surface area contributed by atoms with Crippen LogP contribution in [0.1, 0.15) is 16.7 Å². The molecule has 0 aromatic heterocycles. The predicted molar refractivity (Wildman–Crippen MR) is 133 cm³/mol. The number of carbonyl (C=O) groups is 1. The molecule has 8 heteroatoms. The first-order valence-corrected chi connectivity index (χ1v) is 11.3. The van der Waals surface area contributed by atoms with E-state index in [9.17, 15) is 10.1 Å². The molecule has 33 heavy (non-hydrogen) atoms. The van der Waals surface area contributed by atoms with Crippen LogP contribution in [0.3, 0.4) is 0 Å². The van der Waals surface area contributed by atoms with Gasteiger partial charge < -0.3 is 14.8 Å². The van der Waals surface area contributed by atoms with Gasteiger partial charge in [0.1, 0.15) is 18.2 Å². The Balaban J connectivity index is 1.77. The standard InChI is InChI=1S/C25H19BrCl2N2O3/c1-32-23-10-18(9-19(13-29)25(31)30-14-16-5-3-2-4-6-16)21(26)12-24(23)33-15-17-7-8-20(27)11-22(17)28/h2-12H,14-15H2,1H3,(H,30,31)/b19-9+. The quantitative estimate of drug-likeness (QED) is 0.257. The van der Waals surface area contributed by atoms with Gasteiger partial charge in [-0.05, 0) is 41.5 Å². The topological polar surface area (TPSA) is 71.3 Å². The summed E-state index contributed by atoms with van der Waals surface area (Å²) in [6, 6.07) is 20.0. The van der Waals surface area contributed by atoms with Crippen molar-refractivity contribution < 1.29 is 14.3 Å². The lowest BCUT2D eigenvalue weighted by Gasteiger charge is -2.14. The Morgan fingerprint density at radius 3 is 2.55 bits per heavy atom. The fraction of sp³-hybridized carbons (Fsp3) is 0.120. The minimum atomic E-state index is -0.468. The largest absolute Gasteiger partial charge is 0.493 e. The summed E-state index contributed by atoms with van der Waals surface area (Å²) in [5.74, 6) is 0.445. The van der Waals surface area contributed by atoms with Crippen LogP contribution in [0.25, 0.3) is 6.08 Å². The normalized spacial score (nSPS) is 10.9. The number of rotatable bonds is 8. The maximum Gasteiger partial charge on any atom is 0.262 e. The Bertz CT molecular complexity index is 1220. The first-order valence-electron chi connectivity index (χ1n) is 9.79. The van der Waals surface area contributed by atoms with Gasteiger partial charge in [-0.3, -0.25) is 4.79 Å². The van der Waals surface area contributed by atoms with Crippen LogP contribution >= 0.6 is 39.1 Å². The zero-order valence-corrected chi connectivity index (χ0v) is 20.7. The maximum absolute atomic E-state index is 12.5. The number of benzene rings is 3. The highest BCUT2D eigenvalue weighted by atomic mass is 79.9. The van der Waals surface area contributed by atoms with Crippen LogP contribution in [-0.4, -0.2) is 13.0 Å². The summed E-state index contributed by atoms with van der Waals surface area (Å²) in [6.45, 7) is 0.530. The molecule has 0 saturated carbocycles. The van der Waals surface area contributed by atoms with Crippen molar-refractivity contribution in [1.82, 2.24) is 5.32 Å². The van der Waals surface area contributed by atoms with Crippen LogP contribution in [0.5, 0.6) is 11.5 Å². The average Bonchev–Trinajstić information content (AvgIpc) is 2.82. The van der Waals surface area contributed by atoms with Crippen LogP contribution in [-0.2, 0) is 17.9 Å². The molecule has 0 spiro atoms. The number of methoxy groups -OCH3 is 1. The van der Waals surface area contributed by atoms with Crippen LogP contribution in [0.2, 0.25) is 10.0 Å². The molecule has 0 unspecified atom stereocenters. The highest BCUT2D eigenvalue weighted by Gasteiger charge is 2.14. The molecule has 0 aliphatic heterocycles. The summed E-state index contributed by atoms with van der Waals surface area (Å²) in [7, 11) is 1.51. The third-order valence-electron chi connectivity index (χ3n) is 4.64. The van der Waals surface area contributed by atoms with Crippen molar-refractivity contribution in [3.05, 3.63) is 97.4 Å². The van der Waals surface area contributed by atoms with Gasteiger partial charge in [-0.2, -0.15) is 5.26 Å². The van der Waals surface area contributed by atoms with Gasteiger partial charge in [-0.1, -0.05) is 75.5 Å². The second-order valence-electron chi connectivity index (χ2n) is 6.89. The van der Waals surface area contributed by atoms with Crippen LogP contribution in [0.15, 0.2) is 70.7 Å². The molecular weight excluding hydrogens is 527 g/mol. The summed E-state index contributed by atoms with van der Waals surface area (Å²) in [6.07, 6.45) is 1.49. The number of halogens is 3. The van der Waals surface area contributed by atoms with Crippen LogP contribution in [0, 0.1) is 11.3 Å². The molecule has 0 atom stereocenters. The van der Waals surface area contributed by atoms with E-state index in [0.717, 1.165) is 11.1 Å². The van der Waals surface area contributed by atoms with E-state index in [4.69, 9.17) is 32.7 Å². The van der Waals surface area contributed by atoms with E-state index in [1.165, 1.54) is 13.2 Å². The summed E-state index contributed by atoms with van der Waals surface area (Å²) in [5.41, 5.74) is 2.27. The fourth-order valence-corrected chi connectivity index (χ4v) is 3.81. The predicted octanol–water partition coefficient (Wildman–Crippen LogP) is 6.57. The van der Waals surface area contributed by atoms with Gasteiger partial charge in [0.05, 0.1) is 7.11 Å². The van der Waals surface area contributed by atoms with E-state index in [1.54, 1.807) is 30.3 Å². The average molecular weight is 546 g/mol. The van der Waals surface area contributed by atoms with Crippen LogP contribution < -0.4 is 14.8 Å². The number of carbonyl (C=O) groups excluding carboxylic acids is 1. The van der Waals surface area contributed by atoms with Gasteiger partial charge in [0.25, 0.3) is 5.91 Å². The van der Waals surface area contributed by atoms with Gasteiger partial charge in [0, 0.05) is 26.6 Å². The molecular formula is C25H19BrCl2N2O3. The second-order valence-corrected chi connectivity index (χ2v) is 8.59. The van der Waals surface area contributed by atoms with Crippen molar-refractivity contribution in [2.45, 2.75) is 13.2 Å². The monoisotopic (exact) mass is 544 g/mol. The molecule has 0 aliphatic carbocycles. The molecule has 1 amide bonds. The van der Waals surface area contributed by atoms with E-state index < -0.39 is 5.91 Å². The molecule has 3 aromatic carbocycles. The zero-order chi connectivity index (χ0) is 23.8. The molecule has 0 radical (unpaired) electrons. The van der Waals surface area contributed by atoms with Gasteiger partial charge >= 0.3 is 0 Å². The minimum absolute atomic E-state index is 0.0321. The van der Waals surface area contributed by atoms with E-state index in [0.29, 0.717) is 38.1 Å². The lowest BCUT2D eigenvalue weighted by molar-refractivity contribution is -0.117. The molecule has 3 aromatic rings. The lowest BCUT2D eigenvalue weighted by Crippen LogP contribution is -2.23. The molecule has 1 N–H and O–H groups in total. The SMILES string of the molecule is COc1cc(/C=C(\C#N)C(=O)NCc2ccccc2)c(Br)cc1OCc1ccc(Cl)cc1Cl. The number of hydrogen-bond donors (Lipinski definition) is 1. The number of nitrogens with one attached hydrogen (secondary N) is 1. The minimum Gasteiger partial charge on any atom is -0.493 e. The van der Waals surface area contributed by atoms with Crippen molar-refractivity contribution in [3.63, 3.8) is 0 Å². The number of hydrogen-bond acceptors (Lipinski definition) is 4. The molecule has 3 rings (SSSR count). The Kier molecular flexibility index (Phi) is 8.79. The third-order valence-corrected chi connectivity index (χ3v) is 5.92. The zero-order valence-electron chi connectivity index (χ0n) is 17.6. The Morgan fingerprint density at radius 2 is 1.88 bits per heavy atom. The van der Waals surface area contributed by atoms with Crippen molar-refractivity contribution >= 4 is 51.1 Å². The number of nitrogens with zero attached hydrogens (tertiary/aromatic N) is 1. The van der Waals surface area contributed by atoms with E-state index >= 15 is 0 Å². The number of amides is 1. The van der Waals surface area contributed by atoms with Gasteiger partial charge in [0.15, 0.2) is 11.5 Å². The van der Waals surface area contributed by atoms with Crippen molar-refractivity contribution in [2.24, 2.45) is 0 Å². The molecule has 5 nitrogen and oxygen atoms in total. The highest BCUT2D eigenvalue weighted by Crippen LogP contribution is 2.35. The molecule has 0 fully saturated rings. The van der Waals surface area contributed by atoms with Crippen molar-refractivity contribution in [1.29, 1.82) is 5.26 Å². The highest BCUT2D eigenvalue weighted by molar-refractivity contribution is 9.10. The smallest absolute Gasteiger partial charge is 0.262 e. The maximum atomic E-state index is 12.5. The van der Waals surface area contributed by atoms with E-state index in [2.05, 4.69) is 21.2 Å². The Hall–Kier alpha value is -2.98. The van der Waals surface area contributed by atoms with E-state index in [1.807, 2.05) is 36.4 Å². The molecule has 0 heterocycles. The summed E-state index contributed by atoms with van der Waals surface area (Å²) >= 11 is 15.6. The number of nitriles is 1. The summed E-state index contributed by atoms with van der Waals surface area (Å²) in [5, 5.41) is 13.3. The van der Waals surface area contributed by atoms with Gasteiger partial charge in [0.2, 0.25) is 0 Å². The lowest BCUT2D eigenvalue weighted by atomic mass is 10.1. The first-order chi connectivity index (χ1) is 15.9. The molecule has 168 valence electrons. The second kappa shape index (κ2) is 11.8. The fourth-order valence-electron chi connectivity index (χ4n) is 2.91. The summed E-state index contributed by atoms with van der Waals surface area (Å²) in [4.78, 5) is 12.5. The van der Waals surface area contributed by atoms with Crippen molar-refractivity contribution in [2.75, 3.05) is 7.11 Å². The molecule has 0 bridgehead atoms. The van der Waals surface area contributed by atoms with Crippen molar-refractivity contribution in [3.8, 4) is 17.6 Å². The third kappa shape index (κ3) is 6.75.